The quantitative estimate of drug-likeness (QED) is 0.745. The van der Waals surface area contributed by atoms with E-state index < -0.39 is 0 Å². The molecule has 1 amide bonds. The molecular formula is C10H12BrCl2NOS. The van der Waals surface area contributed by atoms with Gasteiger partial charge in [0.1, 0.15) is 4.34 Å². The number of hydrogen-bond acceptors (Lipinski definition) is 2. The number of carbonyl (C=O) groups is 1. The second-order valence-electron chi connectivity index (χ2n) is 3.53. The van der Waals surface area contributed by atoms with Crippen molar-refractivity contribution in [1.29, 1.82) is 0 Å². The molecule has 0 radical (unpaired) electrons. The SMILES string of the molecule is CC(Br)CCN(C)C(=O)c1cc(Cl)sc1Cl. The molecule has 1 aromatic heterocycles. The van der Waals surface area contributed by atoms with Crippen molar-refractivity contribution < 1.29 is 4.79 Å². The van der Waals surface area contributed by atoms with Crippen LogP contribution in [0.1, 0.15) is 23.7 Å². The van der Waals surface area contributed by atoms with Crippen molar-refractivity contribution in [2.75, 3.05) is 13.6 Å². The first-order valence-corrected chi connectivity index (χ1v) is 7.25. The fourth-order valence-electron chi connectivity index (χ4n) is 1.16. The van der Waals surface area contributed by atoms with E-state index in [1.54, 1.807) is 18.0 Å². The highest BCUT2D eigenvalue weighted by Gasteiger charge is 2.18. The van der Waals surface area contributed by atoms with Gasteiger partial charge in [-0.3, -0.25) is 4.79 Å². The van der Waals surface area contributed by atoms with Crippen LogP contribution in [0.25, 0.3) is 0 Å². The van der Waals surface area contributed by atoms with Gasteiger partial charge < -0.3 is 4.90 Å². The van der Waals surface area contributed by atoms with Crippen molar-refractivity contribution in [1.82, 2.24) is 4.90 Å². The van der Waals surface area contributed by atoms with Crippen LogP contribution < -0.4 is 0 Å². The maximum atomic E-state index is 12.0. The largest absolute Gasteiger partial charge is 0.342 e. The normalized spacial score (nSPS) is 12.6. The summed E-state index contributed by atoms with van der Waals surface area (Å²) in [6, 6.07) is 1.62. The lowest BCUT2D eigenvalue weighted by Crippen LogP contribution is -2.28. The molecule has 1 aromatic rings. The van der Waals surface area contributed by atoms with Gasteiger partial charge in [-0.25, -0.2) is 0 Å². The van der Waals surface area contributed by atoms with E-state index in [0.717, 1.165) is 6.42 Å². The van der Waals surface area contributed by atoms with E-state index in [1.165, 1.54) is 11.3 Å². The van der Waals surface area contributed by atoms with Gasteiger partial charge in [-0.2, -0.15) is 0 Å². The summed E-state index contributed by atoms with van der Waals surface area (Å²) in [5.41, 5.74) is 0.487. The highest BCUT2D eigenvalue weighted by Crippen LogP contribution is 2.31. The smallest absolute Gasteiger partial charge is 0.256 e. The summed E-state index contributed by atoms with van der Waals surface area (Å²) in [5.74, 6) is -0.0821. The predicted octanol–water partition coefficient (Wildman–Crippen LogP) is 4.30. The van der Waals surface area contributed by atoms with Crippen molar-refractivity contribution in [3.63, 3.8) is 0 Å². The maximum absolute atomic E-state index is 12.0. The number of amides is 1. The molecule has 0 aliphatic heterocycles. The Balaban J connectivity index is 2.67. The molecule has 0 aromatic carbocycles. The third kappa shape index (κ3) is 3.91. The Hall–Kier alpha value is 0.230. The Morgan fingerprint density at radius 3 is 2.69 bits per heavy atom. The molecule has 1 atom stereocenters. The minimum Gasteiger partial charge on any atom is -0.342 e. The van der Waals surface area contributed by atoms with Gasteiger partial charge in [0, 0.05) is 18.4 Å². The second kappa shape index (κ2) is 6.24. The van der Waals surface area contributed by atoms with Gasteiger partial charge in [-0.05, 0) is 12.5 Å². The summed E-state index contributed by atoms with van der Waals surface area (Å²) in [4.78, 5) is 14.0. The van der Waals surface area contributed by atoms with Gasteiger partial charge in [0.05, 0.1) is 9.90 Å². The van der Waals surface area contributed by atoms with E-state index in [9.17, 15) is 4.79 Å². The summed E-state index contributed by atoms with van der Waals surface area (Å²) >= 11 is 16.4. The topological polar surface area (TPSA) is 20.3 Å². The summed E-state index contributed by atoms with van der Waals surface area (Å²) < 4.78 is 0.990. The molecule has 0 spiro atoms. The number of alkyl halides is 1. The van der Waals surface area contributed by atoms with Crippen LogP contribution in [0.4, 0.5) is 0 Å². The maximum Gasteiger partial charge on any atom is 0.256 e. The molecule has 1 heterocycles. The fraction of sp³-hybridized carbons (Fsp3) is 0.500. The monoisotopic (exact) mass is 343 g/mol. The summed E-state index contributed by atoms with van der Waals surface area (Å²) in [6.07, 6.45) is 0.901. The van der Waals surface area contributed by atoms with Gasteiger partial charge in [-0.15, -0.1) is 11.3 Å². The zero-order chi connectivity index (χ0) is 12.3. The zero-order valence-corrected chi connectivity index (χ0v) is 12.9. The van der Waals surface area contributed by atoms with Crippen LogP contribution >= 0.6 is 50.5 Å². The summed E-state index contributed by atoms with van der Waals surface area (Å²) in [5, 5.41) is 0. The lowest BCUT2D eigenvalue weighted by Gasteiger charge is -2.17. The van der Waals surface area contributed by atoms with Crippen LogP contribution in [0.5, 0.6) is 0 Å². The molecule has 0 N–H and O–H groups in total. The average Bonchev–Trinajstić information content (AvgIpc) is 2.53. The van der Waals surface area contributed by atoms with Crippen LogP contribution in [0.2, 0.25) is 8.67 Å². The second-order valence-corrected chi connectivity index (χ2v) is 7.38. The Morgan fingerprint density at radius 1 is 1.62 bits per heavy atom. The van der Waals surface area contributed by atoms with Crippen molar-refractivity contribution in [2.45, 2.75) is 18.2 Å². The molecule has 90 valence electrons. The van der Waals surface area contributed by atoms with E-state index in [0.29, 0.717) is 25.6 Å². The number of rotatable bonds is 4. The molecule has 0 fully saturated rings. The van der Waals surface area contributed by atoms with Crippen molar-refractivity contribution >= 4 is 56.4 Å². The van der Waals surface area contributed by atoms with Crippen LogP contribution in [-0.4, -0.2) is 29.2 Å². The van der Waals surface area contributed by atoms with Crippen LogP contribution in [0, 0.1) is 0 Å². The number of carbonyl (C=O) groups excluding carboxylic acids is 1. The fourth-order valence-corrected chi connectivity index (χ4v) is 2.82. The van der Waals surface area contributed by atoms with E-state index >= 15 is 0 Å². The Labute approximate surface area is 118 Å². The van der Waals surface area contributed by atoms with Gasteiger partial charge in [0.25, 0.3) is 5.91 Å². The zero-order valence-electron chi connectivity index (χ0n) is 8.97. The van der Waals surface area contributed by atoms with Crippen LogP contribution in [-0.2, 0) is 0 Å². The Morgan fingerprint density at radius 2 is 2.25 bits per heavy atom. The number of halogens is 3. The summed E-state index contributed by atoms with van der Waals surface area (Å²) in [6.45, 7) is 2.74. The molecule has 0 saturated carbocycles. The number of nitrogens with zero attached hydrogens (tertiary/aromatic N) is 1. The first kappa shape index (κ1) is 14.3. The van der Waals surface area contributed by atoms with Gasteiger partial charge in [0.15, 0.2) is 0 Å². The minimum absolute atomic E-state index is 0.0821. The molecule has 1 rings (SSSR count). The summed E-state index contributed by atoms with van der Waals surface area (Å²) in [7, 11) is 1.76. The molecular weight excluding hydrogens is 333 g/mol. The molecule has 2 nitrogen and oxygen atoms in total. The molecule has 0 saturated heterocycles. The van der Waals surface area contributed by atoms with Crippen molar-refractivity contribution in [3.8, 4) is 0 Å². The Kier molecular flexibility index (Phi) is 5.57. The van der Waals surface area contributed by atoms with Crippen LogP contribution in [0.3, 0.4) is 0 Å². The first-order valence-electron chi connectivity index (χ1n) is 4.76. The van der Waals surface area contributed by atoms with E-state index in [-0.39, 0.29) is 5.91 Å². The molecule has 0 aliphatic carbocycles. The highest BCUT2D eigenvalue weighted by atomic mass is 79.9. The van der Waals surface area contributed by atoms with Gasteiger partial charge >= 0.3 is 0 Å². The predicted molar refractivity (Wildman–Crippen MR) is 74.3 cm³/mol. The first-order chi connectivity index (χ1) is 7.41. The number of hydrogen-bond donors (Lipinski definition) is 0. The minimum atomic E-state index is -0.0821. The van der Waals surface area contributed by atoms with E-state index in [1.807, 2.05) is 6.92 Å². The molecule has 6 heteroatoms. The van der Waals surface area contributed by atoms with Gasteiger partial charge in [0.2, 0.25) is 0 Å². The van der Waals surface area contributed by atoms with E-state index in [4.69, 9.17) is 23.2 Å². The number of thiophene rings is 1. The standard InChI is InChI=1S/C10H12BrCl2NOS/c1-6(11)3-4-14(2)10(15)7-5-8(12)16-9(7)13/h5-6H,3-4H2,1-2H3. The van der Waals surface area contributed by atoms with Crippen LogP contribution in [0.15, 0.2) is 6.07 Å². The third-order valence-electron chi connectivity index (χ3n) is 2.10. The Bertz CT molecular complexity index is 381. The molecule has 0 aliphatic rings. The van der Waals surface area contributed by atoms with E-state index in [2.05, 4.69) is 15.9 Å². The highest BCUT2D eigenvalue weighted by molar-refractivity contribution is 9.09. The van der Waals surface area contributed by atoms with Gasteiger partial charge in [-0.1, -0.05) is 46.1 Å². The van der Waals surface area contributed by atoms with Crippen molar-refractivity contribution in [2.24, 2.45) is 0 Å². The van der Waals surface area contributed by atoms with Crippen molar-refractivity contribution in [3.05, 3.63) is 20.3 Å². The molecule has 0 bridgehead atoms. The molecule has 1 unspecified atom stereocenters. The third-order valence-corrected chi connectivity index (χ3v) is 4.04. The average molecular weight is 345 g/mol. The molecule has 16 heavy (non-hydrogen) atoms. The lowest BCUT2D eigenvalue weighted by molar-refractivity contribution is 0.0794. The lowest BCUT2D eigenvalue weighted by atomic mass is 10.2.